The molecular formula is C13H27NO. The van der Waals surface area contributed by atoms with E-state index < -0.39 is 0 Å². The van der Waals surface area contributed by atoms with Crippen molar-refractivity contribution in [1.29, 1.82) is 0 Å². The van der Waals surface area contributed by atoms with E-state index in [2.05, 4.69) is 26.1 Å². The summed E-state index contributed by atoms with van der Waals surface area (Å²) in [5.74, 6) is 0. The van der Waals surface area contributed by atoms with Crippen LogP contribution in [-0.2, 0) is 4.74 Å². The van der Waals surface area contributed by atoms with E-state index in [1.807, 2.05) is 0 Å². The average Bonchev–Trinajstić information content (AvgIpc) is 2.19. The van der Waals surface area contributed by atoms with Gasteiger partial charge in [-0.2, -0.15) is 0 Å². The molecule has 1 aliphatic rings. The molecule has 1 atom stereocenters. The molecule has 0 amide bonds. The van der Waals surface area contributed by atoms with E-state index in [-0.39, 0.29) is 0 Å². The van der Waals surface area contributed by atoms with Gasteiger partial charge >= 0.3 is 0 Å². The van der Waals surface area contributed by atoms with Crippen molar-refractivity contribution in [3.05, 3.63) is 0 Å². The van der Waals surface area contributed by atoms with Crippen LogP contribution < -0.4 is 5.32 Å². The average molecular weight is 213 g/mol. The maximum Gasteiger partial charge on any atom is 0.0554 e. The summed E-state index contributed by atoms with van der Waals surface area (Å²) in [6, 6.07) is 0.729. The smallest absolute Gasteiger partial charge is 0.0554 e. The number of nitrogens with one attached hydrogen (secondary N) is 1. The quantitative estimate of drug-likeness (QED) is 0.669. The first-order valence-electron chi connectivity index (χ1n) is 6.51. The molecule has 1 fully saturated rings. The normalized spacial score (nSPS) is 21.0. The summed E-state index contributed by atoms with van der Waals surface area (Å²) in [5, 5.41) is 3.72. The molecule has 0 aliphatic carbocycles. The van der Waals surface area contributed by atoms with E-state index in [9.17, 15) is 0 Å². The van der Waals surface area contributed by atoms with Crippen LogP contribution in [0.2, 0.25) is 0 Å². The molecule has 1 rings (SSSR count). The summed E-state index contributed by atoms with van der Waals surface area (Å²) in [6.07, 6.45) is 6.60. The maximum atomic E-state index is 5.27. The van der Waals surface area contributed by atoms with E-state index in [1.54, 1.807) is 0 Å². The Balaban J connectivity index is 2.17. The lowest BCUT2D eigenvalue weighted by Crippen LogP contribution is -2.49. The zero-order valence-electron chi connectivity index (χ0n) is 10.6. The second kappa shape index (κ2) is 6.49. The Bertz CT molecular complexity index is 166. The predicted molar refractivity (Wildman–Crippen MR) is 65.1 cm³/mol. The van der Waals surface area contributed by atoms with Crippen LogP contribution in [0.1, 0.15) is 52.9 Å². The molecule has 0 saturated carbocycles. The van der Waals surface area contributed by atoms with Crippen molar-refractivity contribution in [3.8, 4) is 0 Å². The summed E-state index contributed by atoms with van der Waals surface area (Å²) in [7, 11) is 0. The number of hydrogen-bond acceptors (Lipinski definition) is 2. The Kier molecular flexibility index (Phi) is 5.62. The first-order valence-corrected chi connectivity index (χ1v) is 6.51. The van der Waals surface area contributed by atoms with Gasteiger partial charge in [0.2, 0.25) is 0 Å². The Morgan fingerprint density at radius 1 is 1.20 bits per heavy atom. The fourth-order valence-electron chi connectivity index (χ4n) is 2.09. The maximum absolute atomic E-state index is 5.27. The van der Waals surface area contributed by atoms with Crippen LogP contribution in [0.25, 0.3) is 0 Å². The molecule has 0 aromatic rings. The standard InChI is InChI=1S/C13H27NO/c1-4-6-8-12(7-5-2)14-9-13(3)10-15-11-13/h12,14H,4-11H2,1-3H3. The molecule has 1 unspecified atom stereocenters. The minimum Gasteiger partial charge on any atom is -0.380 e. The van der Waals surface area contributed by atoms with Crippen LogP contribution in [0, 0.1) is 5.41 Å². The minimum absolute atomic E-state index is 0.415. The van der Waals surface area contributed by atoms with Crippen molar-refractivity contribution in [2.45, 2.75) is 58.9 Å². The van der Waals surface area contributed by atoms with Gasteiger partial charge in [-0.1, -0.05) is 40.0 Å². The summed E-state index contributed by atoms with van der Waals surface area (Å²) < 4.78 is 5.27. The molecule has 2 heteroatoms. The van der Waals surface area contributed by atoms with E-state index in [1.165, 1.54) is 32.1 Å². The highest BCUT2D eigenvalue weighted by molar-refractivity contribution is 4.84. The molecular weight excluding hydrogens is 186 g/mol. The molecule has 0 aromatic heterocycles. The zero-order valence-corrected chi connectivity index (χ0v) is 10.6. The largest absolute Gasteiger partial charge is 0.380 e. The Labute approximate surface area is 94.8 Å². The van der Waals surface area contributed by atoms with Gasteiger partial charge in [0.05, 0.1) is 13.2 Å². The van der Waals surface area contributed by atoms with Gasteiger partial charge in [0.25, 0.3) is 0 Å². The van der Waals surface area contributed by atoms with Gasteiger partial charge in [0, 0.05) is 18.0 Å². The lowest BCUT2D eigenvalue weighted by Gasteiger charge is -2.39. The van der Waals surface area contributed by atoms with Gasteiger partial charge in [-0.15, -0.1) is 0 Å². The van der Waals surface area contributed by atoms with E-state index in [0.717, 1.165) is 25.8 Å². The molecule has 15 heavy (non-hydrogen) atoms. The van der Waals surface area contributed by atoms with Crippen molar-refractivity contribution in [2.24, 2.45) is 5.41 Å². The fraction of sp³-hybridized carbons (Fsp3) is 1.00. The Morgan fingerprint density at radius 3 is 2.40 bits per heavy atom. The molecule has 1 N–H and O–H groups in total. The van der Waals surface area contributed by atoms with Crippen LogP contribution in [0.5, 0.6) is 0 Å². The third-order valence-corrected chi connectivity index (χ3v) is 3.26. The van der Waals surface area contributed by atoms with Crippen LogP contribution in [-0.4, -0.2) is 25.8 Å². The number of rotatable bonds is 8. The van der Waals surface area contributed by atoms with Crippen LogP contribution in [0.15, 0.2) is 0 Å². The minimum atomic E-state index is 0.415. The number of hydrogen-bond donors (Lipinski definition) is 1. The zero-order chi connectivity index (χ0) is 11.1. The highest BCUT2D eigenvalue weighted by Gasteiger charge is 2.33. The molecule has 1 aliphatic heterocycles. The van der Waals surface area contributed by atoms with Crippen molar-refractivity contribution >= 4 is 0 Å². The Hall–Kier alpha value is -0.0800. The van der Waals surface area contributed by atoms with Crippen molar-refractivity contribution < 1.29 is 4.74 Å². The molecule has 90 valence electrons. The van der Waals surface area contributed by atoms with Gasteiger partial charge < -0.3 is 10.1 Å². The van der Waals surface area contributed by atoms with E-state index in [4.69, 9.17) is 4.74 Å². The van der Waals surface area contributed by atoms with Crippen LogP contribution in [0.4, 0.5) is 0 Å². The number of ether oxygens (including phenoxy) is 1. The van der Waals surface area contributed by atoms with Gasteiger partial charge in [-0.3, -0.25) is 0 Å². The summed E-state index contributed by atoms with van der Waals surface area (Å²) in [4.78, 5) is 0. The molecule has 0 aromatic carbocycles. The molecule has 2 nitrogen and oxygen atoms in total. The first-order chi connectivity index (χ1) is 7.20. The van der Waals surface area contributed by atoms with Crippen LogP contribution in [0.3, 0.4) is 0 Å². The third-order valence-electron chi connectivity index (χ3n) is 3.26. The SMILES string of the molecule is CCCCC(CCC)NCC1(C)COC1. The Morgan fingerprint density at radius 2 is 1.93 bits per heavy atom. The van der Waals surface area contributed by atoms with Crippen molar-refractivity contribution in [1.82, 2.24) is 5.32 Å². The highest BCUT2D eigenvalue weighted by atomic mass is 16.5. The highest BCUT2D eigenvalue weighted by Crippen LogP contribution is 2.25. The topological polar surface area (TPSA) is 21.3 Å². The third kappa shape index (κ3) is 4.52. The van der Waals surface area contributed by atoms with Gasteiger partial charge in [-0.25, -0.2) is 0 Å². The summed E-state index contributed by atoms with van der Waals surface area (Å²) in [6.45, 7) is 9.85. The summed E-state index contributed by atoms with van der Waals surface area (Å²) in [5.41, 5.74) is 0.415. The first kappa shape index (κ1) is 13.0. The lowest BCUT2D eigenvalue weighted by molar-refractivity contribution is -0.100. The second-order valence-electron chi connectivity index (χ2n) is 5.31. The van der Waals surface area contributed by atoms with Gasteiger partial charge in [0.1, 0.15) is 0 Å². The predicted octanol–water partition coefficient (Wildman–Crippen LogP) is 2.97. The lowest BCUT2D eigenvalue weighted by atomic mass is 9.88. The molecule has 0 radical (unpaired) electrons. The molecule has 1 saturated heterocycles. The molecule has 0 spiro atoms. The van der Waals surface area contributed by atoms with Crippen LogP contribution >= 0.6 is 0 Å². The second-order valence-corrected chi connectivity index (χ2v) is 5.31. The molecule has 1 heterocycles. The van der Waals surface area contributed by atoms with Crippen molar-refractivity contribution in [3.63, 3.8) is 0 Å². The van der Waals surface area contributed by atoms with E-state index in [0.29, 0.717) is 5.41 Å². The molecule has 0 bridgehead atoms. The monoisotopic (exact) mass is 213 g/mol. The number of unbranched alkanes of at least 4 members (excludes halogenated alkanes) is 1. The van der Waals surface area contributed by atoms with Gasteiger partial charge in [0.15, 0.2) is 0 Å². The van der Waals surface area contributed by atoms with Crippen molar-refractivity contribution in [2.75, 3.05) is 19.8 Å². The summed E-state index contributed by atoms with van der Waals surface area (Å²) >= 11 is 0. The van der Waals surface area contributed by atoms with E-state index >= 15 is 0 Å². The van der Waals surface area contributed by atoms with Gasteiger partial charge in [-0.05, 0) is 12.8 Å². The fourth-order valence-corrected chi connectivity index (χ4v) is 2.09.